The van der Waals surface area contributed by atoms with E-state index in [9.17, 15) is 4.79 Å². The van der Waals surface area contributed by atoms with Crippen LogP contribution in [0.25, 0.3) is 11.4 Å². The van der Waals surface area contributed by atoms with Crippen LogP contribution in [0.3, 0.4) is 0 Å². The molecule has 0 N–H and O–H groups in total. The number of hydrogen-bond acceptors (Lipinski definition) is 6. The predicted octanol–water partition coefficient (Wildman–Crippen LogP) is 4.25. The van der Waals surface area contributed by atoms with Crippen LogP contribution >= 0.6 is 11.6 Å². The molecule has 0 saturated heterocycles. The predicted molar refractivity (Wildman–Crippen MR) is 95.9 cm³/mol. The van der Waals surface area contributed by atoms with Crippen LogP contribution in [0.15, 0.2) is 53.1 Å². The Hall–Kier alpha value is -2.86. The van der Waals surface area contributed by atoms with Gasteiger partial charge in [-0.05, 0) is 25.1 Å². The average molecular weight is 373 g/mol. The summed E-state index contributed by atoms with van der Waals surface area (Å²) in [5.74, 6) is 0.802. The fourth-order valence-electron chi connectivity index (χ4n) is 2.43. The minimum absolute atomic E-state index is 0.0216. The molecule has 1 atom stereocenters. The van der Waals surface area contributed by atoms with Gasteiger partial charge in [-0.15, -0.1) is 0 Å². The summed E-state index contributed by atoms with van der Waals surface area (Å²) in [6.45, 7) is 1.68. The van der Waals surface area contributed by atoms with Crippen molar-refractivity contribution in [2.45, 2.75) is 19.4 Å². The highest BCUT2D eigenvalue weighted by Crippen LogP contribution is 2.25. The van der Waals surface area contributed by atoms with Gasteiger partial charge >= 0.3 is 5.97 Å². The highest BCUT2D eigenvalue weighted by molar-refractivity contribution is 6.30. The maximum Gasteiger partial charge on any atom is 0.311 e. The lowest BCUT2D eigenvalue weighted by Gasteiger charge is -2.11. The number of esters is 1. The lowest BCUT2D eigenvalue weighted by Crippen LogP contribution is -2.12. The van der Waals surface area contributed by atoms with Gasteiger partial charge in [-0.3, -0.25) is 4.79 Å². The Labute approximate surface area is 155 Å². The fraction of sp³-hybridized carbons (Fsp3) is 0.211. The molecule has 6 nitrogen and oxygen atoms in total. The monoisotopic (exact) mass is 372 g/mol. The van der Waals surface area contributed by atoms with Gasteiger partial charge in [0.2, 0.25) is 5.82 Å². The first-order valence-corrected chi connectivity index (χ1v) is 8.35. The van der Waals surface area contributed by atoms with Crippen LogP contribution in [0, 0.1) is 0 Å². The average Bonchev–Trinajstić information content (AvgIpc) is 3.13. The molecule has 1 aromatic heterocycles. The minimum Gasteiger partial charge on any atom is -0.496 e. The molecule has 1 heterocycles. The maximum absolute atomic E-state index is 12.2. The number of carbonyl (C=O) groups excluding carboxylic acids is 1. The van der Waals surface area contributed by atoms with Gasteiger partial charge in [0, 0.05) is 16.1 Å². The Balaban J connectivity index is 1.67. The minimum atomic E-state index is -0.669. The lowest BCUT2D eigenvalue weighted by molar-refractivity contribution is -0.148. The topological polar surface area (TPSA) is 74.5 Å². The molecule has 3 aromatic rings. The van der Waals surface area contributed by atoms with E-state index in [-0.39, 0.29) is 12.3 Å². The van der Waals surface area contributed by atoms with E-state index >= 15 is 0 Å². The van der Waals surface area contributed by atoms with Crippen LogP contribution in [-0.2, 0) is 16.0 Å². The lowest BCUT2D eigenvalue weighted by atomic mass is 10.1. The van der Waals surface area contributed by atoms with Crippen LogP contribution in [0.2, 0.25) is 5.02 Å². The third kappa shape index (κ3) is 4.21. The van der Waals surface area contributed by atoms with Crippen molar-refractivity contribution in [3.63, 3.8) is 0 Å². The Morgan fingerprint density at radius 2 is 2.00 bits per heavy atom. The van der Waals surface area contributed by atoms with E-state index in [1.165, 1.54) is 7.11 Å². The summed E-state index contributed by atoms with van der Waals surface area (Å²) in [5, 5.41) is 4.44. The van der Waals surface area contributed by atoms with Gasteiger partial charge in [-0.1, -0.05) is 47.1 Å². The van der Waals surface area contributed by atoms with Crippen molar-refractivity contribution in [3.8, 4) is 17.1 Å². The van der Waals surface area contributed by atoms with Crippen LogP contribution < -0.4 is 4.74 Å². The number of methoxy groups -OCH3 is 1. The summed E-state index contributed by atoms with van der Waals surface area (Å²) in [6.07, 6.45) is -0.647. The summed E-state index contributed by atoms with van der Waals surface area (Å²) in [5.41, 5.74) is 1.47. The van der Waals surface area contributed by atoms with Crippen LogP contribution in [0.1, 0.15) is 24.5 Å². The summed E-state index contributed by atoms with van der Waals surface area (Å²) in [4.78, 5) is 16.5. The molecule has 0 bridgehead atoms. The summed E-state index contributed by atoms with van der Waals surface area (Å²) in [7, 11) is 1.53. The molecule has 0 fully saturated rings. The third-order valence-corrected chi connectivity index (χ3v) is 3.94. The number of halogens is 1. The second-order valence-corrected chi connectivity index (χ2v) is 6.02. The SMILES string of the molecule is COc1ccc(Cl)cc1CC(=O)O[C@@H](C)c1nc(-c2ccccc2)no1. The van der Waals surface area contributed by atoms with E-state index in [1.807, 2.05) is 30.3 Å². The quantitative estimate of drug-likeness (QED) is 0.602. The molecule has 7 heteroatoms. The Morgan fingerprint density at radius 1 is 1.23 bits per heavy atom. The molecule has 26 heavy (non-hydrogen) atoms. The Bertz CT molecular complexity index is 896. The number of rotatable bonds is 6. The highest BCUT2D eigenvalue weighted by Gasteiger charge is 2.20. The van der Waals surface area contributed by atoms with Crippen molar-refractivity contribution in [2.75, 3.05) is 7.11 Å². The van der Waals surface area contributed by atoms with Crippen LogP contribution in [0.4, 0.5) is 0 Å². The van der Waals surface area contributed by atoms with E-state index in [1.54, 1.807) is 25.1 Å². The summed E-state index contributed by atoms with van der Waals surface area (Å²) < 4.78 is 15.8. The number of ether oxygens (including phenoxy) is 2. The van der Waals surface area contributed by atoms with E-state index in [4.69, 9.17) is 25.6 Å². The second kappa shape index (κ2) is 8.01. The maximum atomic E-state index is 12.2. The van der Waals surface area contributed by atoms with Gasteiger partial charge in [-0.25, -0.2) is 0 Å². The summed E-state index contributed by atoms with van der Waals surface area (Å²) >= 11 is 5.98. The number of hydrogen-bond donors (Lipinski definition) is 0. The molecule has 0 aliphatic heterocycles. The number of carbonyl (C=O) groups is 1. The van der Waals surface area contributed by atoms with Crippen molar-refractivity contribution >= 4 is 17.6 Å². The first-order chi connectivity index (χ1) is 12.6. The highest BCUT2D eigenvalue weighted by atomic mass is 35.5. The Morgan fingerprint density at radius 3 is 2.73 bits per heavy atom. The second-order valence-electron chi connectivity index (χ2n) is 5.59. The van der Waals surface area contributed by atoms with Crippen LogP contribution in [0.5, 0.6) is 5.75 Å². The van der Waals surface area contributed by atoms with E-state index in [0.29, 0.717) is 22.2 Å². The van der Waals surface area contributed by atoms with Crippen molar-refractivity contribution in [3.05, 3.63) is 65.0 Å². The molecular weight excluding hydrogens is 356 g/mol. The third-order valence-electron chi connectivity index (χ3n) is 3.71. The van der Waals surface area contributed by atoms with Gasteiger partial charge in [0.15, 0.2) is 6.10 Å². The van der Waals surface area contributed by atoms with E-state index in [0.717, 1.165) is 5.56 Å². The van der Waals surface area contributed by atoms with Gasteiger partial charge in [0.1, 0.15) is 5.75 Å². The first-order valence-electron chi connectivity index (χ1n) is 7.97. The fourth-order valence-corrected chi connectivity index (χ4v) is 2.63. The van der Waals surface area contributed by atoms with E-state index < -0.39 is 12.1 Å². The van der Waals surface area contributed by atoms with Gasteiger partial charge in [0.05, 0.1) is 13.5 Å². The largest absolute Gasteiger partial charge is 0.496 e. The van der Waals surface area contributed by atoms with Crippen molar-refractivity contribution in [2.24, 2.45) is 0 Å². The first kappa shape index (κ1) is 17.9. The Kier molecular flexibility index (Phi) is 5.53. The van der Waals surface area contributed by atoms with E-state index in [2.05, 4.69) is 10.1 Å². The number of aromatic nitrogens is 2. The molecule has 0 aliphatic rings. The zero-order chi connectivity index (χ0) is 18.5. The molecule has 0 saturated carbocycles. The molecule has 0 spiro atoms. The molecule has 3 rings (SSSR count). The van der Waals surface area contributed by atoms with Crippen molar-refractivity contribution < 1.29 is 18.8 Å². The normalized spacial score (nSPS) is 11.8. The van der Waals surface area contributed by atoms with Crippen molar-refractivity contribution in [1.82, 2.24) is 10.1 Å². The summed E-state index contributed by atoms with van der Waals surface area (Å²) in [6, 6.07) is 14.5. The smallest absolute Gasteiger partial charge is 0.311 e. The number of benzene rings is 2. The standard InChI is InChI=1S/C19H17ClN2O4/c1-12(19-21-18(22-26-19)13-6-4-3-5-7-13)25-17(23)11-14-10-15(20)8-9-16(14)24-2/h3-10,12H,11H2,1-2H3/t12-/m0/s1. The molecule has 0 amide bonds. The van der Waals surface area contributed by atoms with Gasteiger partial charge < -0.3 is 14.0 Å². The van der Waals surface area contributed by atoms with Crippen molar-refractivity contribution in [1.29, 1.82) is 0 Å². The van der Waals surface area contributed by atoms with Gasteiger partial charge in [0.25, 0.3) is 5.89 Å². The molecule has 2 aromatic carbocycles. The molecule has 0 radical (unpaired) electrons. The molecule has 0 aliphatic carbocycles. The molecule has 0 unspecified atom stereocenters. The molecular formula is C19H17ClN2O4. The van der Waals surface area contributed by atoms with Crippen LogP contribution in [-0.4, -0.2) is 23.2 Å². The van der Waals surface area contributed by atoms with Gasteiger partial charge in [-0.2, -0.15) is 4.98 Å². The zero-order valence-electron chi connectivity index (χ0n) is 14.3. The zero-order valence-corrected chi connectivity index (χ0v) is 15.1. The molecule has 134 valence electrons. The number of nitrogens with zero attached hydrogens (tertiary/aromatic N) is 2.